The lowest BCUT2D eigenvalue weighted by Gasteiger charge is -2.17. The Labute approximate surface area is 142 Å². The van der Waals surface area contributed by atoms with Crippen molar-refractivity contribution in [2.75, 3.05) is 19.3 Å². The number of hydrogen-bond donors (Lipinski definition) is 1. The molecule has 0 saturated carbocycles. The molecule has 128 valence electrons. The van der Waals surface area contributed by atoms with E-state index in [0.29, 0.717) is 24.5 Å². The summed E-state index contributed by atoms with van der Waals surface area (Å²) < 4.78 is 28.8. The third-order valence-electron chi connectivity index (χ3n) is 4.10. The van der Waals surface area contributed by atoms with Crippen LogP contribution < -0.4 is 4.74 Å². The van der Waals surface area contributed by atoms with Gasteiger partial charge in [0.25, 0.3) is 0 Å². The van der Waals surface area contributed by atoms with Crippen molar-refractivity contribution in [3.63, 3.8) is 0 Å². The first kappa shape index (κ1) is 17.0. The summed E-state index contributed by atoms with van der Waals surface area (Å²) in [5.41, 5.74) is 1.01. The molecule has 1 aliphatic rings. The molecule has 0 aromatic heterocycles. The van der Waals surface area contributed by atoms with E-state index in [9.17, 15) is 13.5 Å². The highest BCUT2D eigenvalue weighted by Crippen LogP contribution is 2.20. The van der Waals surface area contributed by atoms with Crippen LogP contribution in [0.4, 0.5) is 0 Å². The number of likely N-dealkylation sites (tertiary alicyclic amines) is 1. The van der Waals surface area contributed by atoms with Crippen molar-refractivity contribution in [2.45, 2.75) is 23.6 Å². The summed E-state index contributed by atoms with van der Waals surface area (Å²) in [6, 6.07) is 16.3. The van der Waals surface area contributed by atoms with Gasteiger partial charge in [-0.3, -0.25) is 4.90 Å². The van der Waals surface area contributed by atoms with Gasteiger partial charge in [0, 0.05) is 25.9 Å². The highest BCUT2D eigenvalue weighted by atomic mass is 32.2. The Kier molecular flexibility index (Phi) is 4.89. The van der Waals surface area contributed by atoms with Crippen LogP contribution in [0, 0.1) is 0 Å². The first-order valence-electron chi connectivity index (χ1n) is 7.83. The molecular formula is C18H21NO4S. The minimum Gasteiger partial charge on any atom is -0.486 e. The van der Waals surface area contributed by atoms with Crippen LogP contribution in [0.2, 0.25) is 0 Å². The number of aliphatic hydroxyl groups excluding tert-OH is 1. The number of rotatable bonds is 5. The summed E-state index contributed by atoms with van der Waals surface area (Å²) in [5.74, 6) is 0.751. The predicted octanol–water partition coefficient (Wildman–Crippen LogP) is 1.71. The number of sulfone groups is 1. The Morgan fingerprint density at radius 1 is 1.08 bits per heavy atom. The van der Waals surface area contributed by atoms with Crippen molar-refractivity contribution in [3.8, 4) is 5.75 Å². The fourth-order valence-electron chi connectivity index (χ4n) is 2.85. The van der Waals surface area contributed by atoms with Gasteiger partial charge in [-0.05, 0) is 29.8 Å². The smallest absolute Gasteiger partial charge is 0.175 e. The minimum absolute atomic E-state index is 0.261. The average Bonchev–Trinajstić information content (AvgIpc) is 2.87. The van der Waals surface area contributed by atoms with E-state index in [1.54, 1.807) is 12.1 Å². The molecule has 1 N–H and O–H groups in total. The maximum atomic E-state index is 11.5. The van der Waals surface area contributed by atoms with Crippen LogP contribution in [-0.4, -0.2) is 50.0 Å². The Morgan fingerprint density at radius 3 is 2.38 bits per heavy atom. The Bertz CT molecular complexity index is 774. The van der Waals surface area contributed by atoms with Gasteiger partial charge >= 0.3 is 0 Å². The zero-order valence-electron chi connectivity index (χ0n) is 13.5. The zero-order valence-corrected chi connectivity index (χ0v) is 14.3. The van der Waals surface area contributed by atoms with Crippen molar-refractivity contribution in [1.29, 1.82) is 0 Å². The summed E-state index contributed by atoms with van der Waals surface area (Å²) in [5, 5.41) is 10.2. The van der Waals surface area contributed by atoms with E-state index in [0.717, 1.165) is 11.3 Å². The second-order valence-corrected chi connectivity index (χ2v) is 8.16. The highest BCUT2D eigenvalue weighted by Gasteiger charge is 2.32. The van der Waals surface area contributed by atoms with Crippen molar-refractivity contribution in [2.24, 2.45) is 0 Å². The molecule has 0 bridgehead atoms. The van der Waals surface area contributed by atoms with Gasteiger partial charge in [-0.25, -0.2) is 8.42 Å². The van der Waals surface area contributed by atoms with Crippen LogP contribution in [0.5, 0.6) is 5.75 Å². The Hall–Kier alpha value is -1.89. The molecule has 3 rings (SSSR count). The number of β-amino-alcohol motifs (C(OH)–C–C–N with tert-alkyl or cyclic N) is 1. The van der Waals surface area contributed by atoms with Gasteiger partial charge in [-0.15, -0.1) is 0 Å². The lowest BCUT2D eigenvalue weighted by atomic mass is 10.2. The fraction of sp³-hybridized carbons (Fsp3) is 0.333. The number of nitrogens with zero attached hydrogens (tertiary/aromatic N) is 1. The fourth-order valence-corrected chi connectivity index (χ4v) is 3.48. The molecular weight excluding hydrogens is 326 g/mol. The molecule has 1 heterocycles. The number of hydrogen-bond acceptors (Lipinski definition) is 5. The SMILES string of the molecule is CS(=O)(=O)c1ccc(CN2C[C@@H](O)[C@H](Oc3ccccc3)C2)cc1. The van der Waals surface area contributed by atoms with Gasteiger partial charge in [0.2, 0.25) is 0 Å². The van der Waals surface area contributed by atoms with Gasteiger partial charge in [0.15, 0.2) is 9.84 Å². The summed E-state index contributed by atoms with van der Waals surface area (Å²) in [6.45, 7) is 1.81. The quantitative estimate of drug-likeness (QED) is 0.892. The molecule has 24 heavy (non-hydrogen) atoms. The van der Waals surface area contributed by atoms with E-state index in [2.05, 4.69) is 4.90 Å². The number of para-hydroxylation sites is 1. The van der Waals surface area contributed by atoms with Gasteiger partial charge in [0.05, 0.1) is 4.90 Å². The molecule has 1 saturated heterocycles. The van der Waals surface area contributed by atoms with E-state index in [-0.39, 0.29) is 6.10 Å². The summed E-state index contributed by atoms with van der Waals surface area (Å²) >= 11 is 0. The summed E-state index contributed by atoms with van der Waals surface area (Å²) in [6.07, 6.45) is 0.396. The van der Waals surface area contributed by atoms with Crippen LogP contribution in [-0.2, 0) is 16.4 Å². The van der Waals surface area contributed by atoms with Crippen LogP contribution in [0.15, 0.2) is 59.5 Å². The van der Waals surface area contributed by atoms with Crippen LogP contribution in [0.1, 0.15) is 5.56 Å². The van der Waals surface area contributed by atoms with E-state index >= 15 is 0 Å². The molecule has 0 aliphatic carbocycles. The van der Waals surface area contributed by atoms with E-state index < -0.39 is 15.9 Å². The van der Waals surface area contributed by atoms with Gasteiger partial charge < -0.3 is 9.84 Å². The molecule has 2 aromatic carbocycles. The van der Waals surface area contributed by atoms with Crippen molar-refractivity contribution in [1.82, 2.24) is 4.90 Å². The van der Waals surface area contributed by atoms with Gasteiger partial charge in [-0.1, -0.05) is 30.3 Å². The molecule has 0 radical (unpaired) electrons. The van der Waals surface area contributed by atoms with Crippen LogP contribution in [0.3, 0.4) is 0 Å². The molecule has 6 heteroatoms. The average molecular weight is 347 g/mol. The highest BCUT2D eigenvalue weighted by molar-refractivity contribution is 7.90. The molecule has 1 aliphatic heterocycles. The largest absolute Gasteiger partial charge is 0.486 e. The first-order valence-corrected chi connectivity index (χ1v) is 9.72. The molecule has 2 aromatic rings. The summed E-state index contributed by atoms with van der Waals surface area (Å²) in [4.78, 5) is 2.42. The maximum absolute atomic E-state index is 11.5. The van der Waals surface area contributed by atoms with Gasteiger partial charge in [0.1, 0.15) is 18.0 Å². The second kappa shape index (κ2) is 6.93. The van der Waals surface area contributed by atoms with Crippen molar-refractivity contribution < 1.29 is 18.3 Å². The van der Waals surface area contributed by atoms with Crippen LogP contribution in [0.25, 0.3) is 0 Å². The van der Waals surface area contributed by atoms with Gasteiger partial charge in [-0.2, -0.15) is 0 Å². The van der Waals surface area contributed by atoms with Crippen LogP contribution >= 0.6 is 0 Å². The maximum Gasteiger partial charge on any atom is 0.175 e. The second-order valence-electron chi connectivity index (χ2n) is 6.15. The number of aliphatic hydroxyl groups is 1. The molecule has 1 fully saturated rings. The lowest BCUT2D eigenvalue weighted by Crippen LogP contribution is -2.29. The Balaban J connectivity index is 1.61. The summed E-state index contributed by atoms with van der Waals surface area (Å²) in [7, 11) is -3.17. The molecule has 2 atom stereocenters. The number of benzene rings is 2. The van der Waals surface area contributed by atoms with E-state index in [1.807, 2.05) is 42.5 Å². The third kappa shape index (κ3) is 4.14. The Morgan fingerprint density at radius 2 is 1.75 bits per heavy atom. The minimum atomic E-state index is -3.17. The topological polar surface area (TPSA) is 66.8 Å². The van der Waals surface area contributed by atoms with Crippen molar-refractivity contribution in [3.05, 3.63) is 60.2 Å². The molecule has 0 spiro atoms. The van der Waals surface area contributed by atoms with E-state index in [4.69, 9.17) is 4.74 Å². The molecule has 0 amide bonds. The molecule has 0 unspecified atom stereocenters. The van der Waals surface area contributed by atoms with Crippen molar-refractivity contribution >= 4 is 9.84 Å². The monoisotopic (exact) mass is 347 g/mol. The normalized spacial score (nSPS) is 21.8. The van der Waals surface area contributed by atoms with E-state index in [1.165, 1.54) is 6.26 Å². The number of ether oxygens (including phenoxy) is 1. The molecule has 5 nitrogen and oxygen atoms in total. The predicted molar refractivity (Wildman–Crippen MR) is 91.7 cm³/mol. The zero-order chi connectivity index (χ0) is 17.2. The standard InChI is InChI=1S/C18H21NO4S/c1-24(21,22)16-9-7-14(8-10-16)11-19-12-17(20)18(13-19)23-15-5-3-2-4-6-15/h2-10,17-18,20H,11-13H2,1H3/t17-,18-/m1/s1. The lowest BCUT2D eigenvalue weighted by molar-refractivity contribution is 0.0737. The first-order chi connectivity index (χ1) is 11.4. The third-order valence-corrected chi connectivity index (χ3v) is 5.23.